The van der Waals surface area contributed by atoms with Crippen LogP contribution in [-0.4, -0.2) is 23.4 Å². The van der Waals surface area contributed by atoms with Gasteiger partial charge in [-0.15, -0.1) is 0 Å². The molecule has 2 rings (SSSR count). The van der Waals surface area contributed by atoms with E-state index in [0.29, 0.717) is 25.7 Å². The minimum absolute atomic E-state index is 0.242. The summed E-state index contributed by atoms with van der Waals surface area (Å²) >= 11 is 0. The van der Waals surface area contributed by atoms with E-state index in [1.54, 1.807) is 0 Å². The van der Waals surface area contributed by atoms with E-state index < -0.39 is 18.2 Å². The average molecular weight is 287 g/mol. The van der Waals surface area contributed by atoms with Crippen molar-refractivity contribution in [1.82, 2.24) is 5.32 Å². The van der Waals surface area contributed by atoms with Crippen molar-refractivity contribution in [2.45, 2.75) is 50.6 Å². The van der Waals surface area contributed by atoms with E-state index in [1.807, 2.05) is 30.3 Å². The van der Waals surface area contributed by atoms with Crippen molar-refractivity contribution in [3.05, 3.63) is 35.9 Å². The van der Waals surface area contributed by atoms with Crippen molar-refractivity contribution in [2.24, 2.45) is 5.92 Å². The highest BCUT2D eigenvalue weighted by Gasteiger charge is 2.44. The topological polar surface area (TPSA) is 32.3 Å². The van der Waals surface area contributed by atoms with Crippen LogP contribution in [0.15, 0.2) is 30.3 Å². The normalized spacial score (nSPS) is 25.4. The summed E-state index contributed by atoms with van der Waals surface area (Å²) in [5.74, 6) is -0.648. The number of rotatable bonds is 4. The van der Waals surface area contributed by atoms with Crippen molar-refractivity contribution in [1.29, 1.82) is 0 Å². The van der Waals surface area contributed by atoms with Gasteiger partial charge in [-0.1, -0.05) is 30.3 Å². The van der Waals surface area contributed by atoms with Gasteiger partial charge in [0.25, 0.3) is 0 Å². The van der Waals surface area contributed by atoms with Gasteiger partial charge in [-0.3, -0.25) is 0 Å². The number of hydrogen-bond acceptors (Lipinski definition) is 2. The molecule has 2 N–H and O–H groups in total. The Bertz CT molecular complexity index is 399. The van der Waals surface area contributed by atoms with Crippen LogP contribution >= 0.6 is 0 Å². The third kappa shape index (κ3) is 4.21. The van der Waals surface area contributed by atoms with Gasteiger partial charge >= 0.3 is 6.18 Å². The Labute approximate surface area is 117 Å². The van der Waals surface area contributed by atoms with Gasteiger partial charge in [0.1, 0.15) is 0 Å². The number of alkyl halides is 3. The lowest BCUT2D eigenvalue weighted by Crippen LogP contribution is -2.41. The van der Waals surface area contributed by atoms with E-state index in [4.69, 9.17) is 0 Å². The van der Waals surface area contributed by atoms with Crippen LogP contribution in [0.25, 0.3) is 0 Å². The zero-order chi connectivity index (χ0) is 14.6. The van der Waals surface area contributed by atoms with Gasteiger partial charge in [0.2, 0.25) is 0 Å². The fourth-order valence-corrected chi connectivity index (χ4v) is 2.76. The van der Waals surface area contributed by atoms with Crippen LogP contribution in [0, 0.1) is 5.92 Å². The highest BCUT2D eigenvalue weighted by Crippen LogP contribution is 2.34. The Balaban J connectivity index is 1.75. The predicted molar refractivity (Wildman–Crippen MR) is 71.1 cm³/mol. The molecule has 0 bridgehead atoms. The second-order valence-corrected chi connectivity index (χ2v) is 5.46. The molecule has 0 amide bonds. The maximum atomic E-state index is 12.4. The lowest BCUT2D eigenvalue weighted by molar-refractivity contribution is -0.222. The number of aliphatic hydroxyl groups excluding tert-OH is 1. The molecule has 1 aliphatic carbocycles. The van der Waals surface area contributed by atoms with Gasteiger partial charge in [-0.05, 0) is 37.2 Å². The van der Waals surface area contributed by atoms with Crippen molar-refractivity contribution < 1.29 is 18.3 Å². The van der Waals surface area contributed by atoms with Gasteiger partial charge in [-0.2, -0.15) is 13.2 Å². The summed E-state index contributed by atoms with van der Waals surface area (Å²) in [6.45, 7) is 0.734. The summed E-state index contributed by atoms with van der Waals surface area (Å²) in [4.78, 5) is 0. The molecule has 0 aliphatic heterocycles. The summed E-state index contributed by atoms with van der Waals surface area (Å²) in [6.07, 6.45) is -4.44. The molecule has 0 radical (unpaired) electrons. The summed E-state index contributed by atoms with van der Waals surface area (Å²) in [6, 6.07) is 10.2. The first-order valence-corrected chi connectivity index (χ1v) is 6.99. The summed E-state index contributed by atoms with van der Waals surface area (Å²) in [5, 5.41) is 12.6. The molecule has 2 nitrogen and oxygen atoms in total. The summed E-state index contributed by atoms with van der Waals surface area (Å²) in [7, 11) is 0. The minimum Gasteiger partial charge on any atom is -0.383 e. The van der Waals surface area contributed by atoms with Gasteiger partial charge in [0, 0.05) is 12.6 Å². The van der Waals surface area contributed by atoms with Gasteiger partial charge in [0.05, 0.1) is 0 Å². The standard InChI is InChI=1S/C15H20F3NO/c16-15(17,18)14(20)12-6-8-13(9-7-12)19-10-11-4-2-1-3-5-11/h1-5,12-14,19-20H,6-10H2. The number of halogens is 3. The van der Waals surface area contributed by atoms with Crippen LogP contribution in [0.3, 0.4) is 0 Å². The van der Waals surface area contributed by atoms with Crippen LogP contribution in [0.1, 0.15) is 31.2 Å². The fourth-order valence-electron chi connectivity index (χ4n) is 2.76. The monoisotopic (exact) mass is 287 g/mol. The van der Waals surface area contributed by atoms with Crippen molar-refractivity contribution >= 4 is 0 Å². The third-order valence-electron chi connectivity index (χ3n) is 3.99. The Morgan fingerprint density at radius 2 is 1.70 bits per heavy atom. The van der Waals surface area contributed by atoms with Crippen LogP contribution in [0.4, 0.5) is 13.2 Å². The van der Waals surface area contributed by atoms with E-state index in [9.17, 15) is 18.3 Å². The molecule has 112 valence electrons. The first-order chi connectivity index (χ1) is 9.47. The van der Waals surface area contributed by atoms with Crippen LogP contribution in [0.2, 0.25) is 0 Å². The molecule has 1 saturated carbocycles. The van der Waals surface area contributed by atoms with Crippen molar-refractivity contribution in [3.63, 3.8) is 0 Å². The highest BCUT2D eigenvalue weighted by atomic mass is 19.4. The zero-order valence-corrected chi connectivity index (χ0v) is 11.2. The number of aliphatic hydroxyl groups is 1. The molecule has 1 aromatic carbocycles. The Morgan fingerprint density at radius 3 is 2.25 bits per heavy atom. The lowest BCUT2D eigenvalue weighted by Gasteiger charge is -2.32. The molecular formula is C15H20F3NO. The summed E-state index contributed by atoms with van der Waals surface area (Å²) < 4.78 is 37.3. The Morgan fingerprint density at radius 1 is 1.10 bits per heavy atom. The quantitative estimate of drug-likeness (QED) is 0.891. The first kappa shape index (κ1) is 15.3. The molecule has 20 heavy (non-hydrogen) atoms. The van der Waals surface area contributed by atoms with Crippen LogP contribution in [-0.2, 0) is 6.54 Å². The van der Waals surface area contributed by atoms with E-state index in [1.165, 1.54) is 5.56 Å². The van der Waals surface area contributed by atoms with Crippen LogP contribution in [0.5, 0.6) is 0 Å². The van der Waals surface area contributed by atoms with E-state index in [-0.39, 0.29) is 6.04 Å². The molecule has 5 heteroatoms. The molecule has 1 fully saturated rings. The Hall–Kier alpha value is -1.07. The molecule has 0 spiro atoms. The number of nitrogens with one attached hydrogen (secondary N) is 1. The van der Waals surface area contributed by atoms with Gasteiger partial charge in [-0.25, -0.2) is 0 Å². The average Bonchev–Trinajstić information content (AvgIpc) is 2.45. The SMILES string of the molecule is OC(C1CCC(NCc2ccccc2)CC1)C(F)(F)F. The van der Waals surface area contributed by atoms with Crippen molar-refractivity contribution in [2.75, 3.05) is 0 Å². The van der Waals surface area contributed by atoms with E-state index in [0.717, 1.165) is 6.54 Å². The highest BCUT2D eigenvalue weighted by molar-refractivity contribution is 5.14. The zero-order valence-electron chi connectivity index (χ0n) is 11.2. The first-order valence-electron chi connectivity index (χ1n) is 6.99. The van der Waals surface area contributed by atoms with Crippen LogP contribution < -0.4 is 5.32 Å². The van der Waals surface area contributed by atoms with E-state index in [2.05, 4.69) is 5.32 Å². The second kappa shape index (κ2) is 6.59. The van der Waals surface area contributed by atoms with Gasteiger partial charge in [0.15, 0.2) is 6.10 Å². The maximum absolute atomic E-state index is 12.4. The fraction of sp³-hybridized carbons (Fsp3) is 0.600. The molecule has 1 atom stereocenters. The molecule has 0 heterocycles. The lowest BCUT2D eigenvalue weighted by atomic mass is 9.82. The molecule has 0 aromatic heterocycles. The second-order valence-electron chi connectivity index (χ2n) is 5.46. The smallest absolute Gasteiger partial charge is 0.383 e. The molecule has 1 aliphatic rings. The minimum atomic E-state index is -4.49. The largest absolute Gasteiger partial charge is 0.414 e. The predicted octanol–water partition coefficient (Wildman–Crippen LogP) is 3.26. The third-order valence-corrected chi connectivity index (χ3v) is 3.99. The summed E-state index contributed by atoms with van der Waals surface area (Å²) in [5.41, 5.74) is 1.17. The van der Waals surface area contributed by atoms with E-state index >= 15 is 0 Å². The Kier molecular flexibility index (Phi) is 5.05. The number of hydrogen-bond donors (Lipinski definition) is 2. The number of benzene rings is 1. The van der Waals surface area contributed by atoms with Crippen molar-refractivity contribution in [3.8, 4) is 0 Å². The molecule has 1 unspecified atom stereocenters. The molecule has 1 aromatic rings. The van der Waals surface area contributed by atoms with Gasteiger partial charge < -0.3 is 10.4 Å². The maximum Gasteiger partial charge on any atom is 0.414 e. The molecule has 0 saturated heterocycles. The molecular weight excluding hydrogens is 267 g/mol.